The Morgan fingerprint density at radius 2 is 1.61 bits per heavy atom. The van der Waals surface area contributed by atoms with E-state index in [1.807, 2.05) is 18.2 Å². The molecule has 0 saturated carbocycles. The van der Waals surface area contributed by atoms with Gasteiger partial charge in [0.1, 0.15) is 0 Å². The molecule has 0 amide bonds. The van der Waals surface area contributed by atoms with Gasteiger partial charge in [-0.05, 0) is 38.5 Å². The highest BCUT2D eigenvalue weighted by Gasteiger charge is 1.94. The van der Waals surface area contributed by atoms with Crippen molar-refractivity contribution in [3.63, 3.8) is 0 Å². The zero-order valence-corrected chi connectivity index (χ0v) is 14.1. The topological polar surface area (TPSA) is 57.5 Å². The molecule has 1 atom stereocenters. The van der Waals surface area contributed by atoms with E-state index in [0.29, 0.717) is 12.8 Å². The lowest BCUT2D eigenvalue weighted by atomic mass is 10.2. The molecule has 0 aromatic heterocycles. The van der Waals surface area contributed by atoms with E-state index in [0.717, 1.165) is 25.7 Å². The Balaban J connectivity index is 3.68. The van der Waals surface area contributed by atoms with Crippen LogP contribution in [0.1, 0.15) is 51.9 Å². The van der Waals surface area contributed by atoms with Crippen LogP contribution in [0.5, 0.6) is 0 Å². The van der Waals surface area contributed by atoms with Crippen LogP contribution in [0.25, 0.3) is 0 Å². The predicted molar refractivity (Wildman–Crippen MR) is 97.3 cm³/mol. The molecule has 0 rings (SSSR count). The Bertz CT molecular complexity index is 428. The van der Waals surface area contributed by atoms with Crippen molar-refractivity contribution in [1.29, 1.82) is 0 Å². The standard InChI is InChI=1S/C20H30O3/c1-2-3-4-5-6-7-8-10-13-16-19(21)17-14-11-9-12-15-18-20(22)23/h3-4,6-7,9-11,13-14,17,19,21H,2,5,8,12,15-16,18H2,1H3,(H,22,23)/b4-3+,7-6+,11-9+,13-10+,17-14+/t19-/m0/s1. The van der Waals surface area contributed by atoms with Crippen LogP contribution in [0.2, 0.25) is 0 Å². The third-order valence-corrected chi connectivity index (χ3v) is 3.00. The van der Waals surface area contributed by atoms with Crippen LogP contribution in [-0.4, -0.2) is 22.3 Å². The average molecular weight is 318 g/mol. The van der Waals surface area contributed by atoms with E-state index in [2.05, 4.69) is 37.3 Å². The molecule has 0 aromatic carbocycles. The zero-order valence-electron chi connectivity index (χ0n) is 14.1. The van der Waals surface area contributed by atoms with E-state index in [1.165, 1.54) is 0 Å². The van der Waals surface area contributed by atoms with Gasteiger partial charge < -0.3 is 10.2 Å². The van der Waals surface area contributed by atoms with Crippen LogP contribution >= 0.6 is 0 Å². The van der Waals surface area contributed by atoms with Gasteiger partial charge in [-0.25, -0.2) is 0 Å². The monoisotopic (exact) mass is 318 g/mol. The molecule has 0 radical (unpaired) electrons. The number of carboxylic acids is 1. The van der Waals surface area contributed by atoms with Gasteiger partial charge in [-0.2, -0.15) is 0 Å². The number of aliphatic hydroxyl groups is 1. The molecule has 3 nitrogen and oxygen atoms in total. The number of unbranched alkanes of at least 4 members (excludes halogenated alkanes) is 1. The summed E-state index contributed by atoms with van der Waals surface area (Å²) in [5.41, 5.74) is 0. The van der Waals surface area contributed by atoms with Crippen molar-refractivity contribution >= 4 is 5.97 Å². The summed E-state index contributed by atoms with van der Waals surface area (Å²) in [6, 6.07) is 0. The SMILES string of the molecule is CC/C=C/C/C=C/C/C=C/C[C@H](O)/C=C/C=C/CCCC(=O)O. The summed E-state index contributed by atoms with van der Waals surface area (Å²) in [5, 5.41) is 18.2. The van der Waals surface area contributed by atoms with Crippen LogP contribution < -0.4 is 0 Å². The summed E-state index contributed by atoms with van der Waals surface area (Å²) in [6.45, 7) is 2.12. The minimum Gasteiger partial charge on any atom is -0.481 e. The molecule has 0 aliphatic carbocycles. The summed E-state index contributed by atoms with van der Waals surface area (Å²) < 4.78 is 0. The van der Waals surface area contributed by atoms with Gasteiger partial charge in [0.15, 0.2) is 0 Å². The van der Waals surface area contributed by atoms with Crippen LogP contribution in [0.3, 0.4) is 0 Å². The Morgan fingerprint density at radius 1 is 0.957 bits per heavy atom. The zero-order chi connectivity index (χ0) is 17.2. The molecular formula is C20H30O3. The van der Waals surface area contributed by atoms with Crippen molar-refractivity contribution in [2.75, 3.05) is 0 Å². The molecule has 0 spiro atoms. The molecule has 128 valence electrons. The number of hydrogen-bond acceptors (Lipinski definition) is 2. The number of allylic oxidation sites excluding steroid dienone is 8. The largest absolute Gasteiger partial charge is 0.481 e. The Morgan fingerprint density at radius 3 is 2.26 bits per heavy atom. The molecule has 3 heteroatoms. The van der Waals surface area contributed by atoms with Crippen LogP contribution in [0.4, 0.5) is 0 Å². The smallest absolute Gasteiger partial charge is 0.303 e. The van der Waals surface area contributed by atoms with Crippen LogP contribution in [-0.2, 0) is 4.79 Å². The minimum atomic E-state index is -0.761. The van der Waals surface area contributed by atoms with Crippen molar-refractivity contribution in [1.82, 2.24) is 0 Å². The van der Waals surface area contributed by atoms with Crippen molar-refractivity contribution in [3.8, 4) is 0 Å². The lowest BCUT2D eigenvalue weighted by Crippen LogP contribution is -1.98. The lowest BCUT2D eigenvalue weighted by Gasteiger charge is -1.98. The van der Waals surface area contributed by atoms with Crippen molar-refractivity contribution in [2.45, 2.75) is 58.0 Å². The number of carboxylic acid groups (broad SMARTS) is 1. The van der Waals surface area contributed by atoms with E-state index in [9.17, 15) is 9.90 Å². The molecule has 0 heterocycles. The lowest BCUT2D eigenvalue weighted by molar-refractivity contribution is -0.137. The van der Waals surface area contributed by atoms with Crippen LogP contribution in [0.15, 0.2) is 60.8 Å². The van der Waals surface area contributed by atoms with Gasteiger partial charge in [0.25, 0.3) is 0 Å². The van der Waals surface area contributed by atoms with E-state index in [-0.39, 0.29) is 6.42 Å². The highest BCUT2D eigenvalue weighted by atomic mass is 16.4. The third kappa shape index (κ3) is 18.1. The molecule has 0 fully saturated rings. The molecule has 0 saturated heterocycles. The normalized spacial score (nSPS) is 14.2. The number of aliphatic carboxylic acids is 1. The van der Waals surface area contributed by atoms with Crippen molar-refractivity contribution in [3.05, 3.63) is 60.8 Å². The van der Waals surface area contributed by atoms with Gasteiger partial charge in [0.05, 0.1) is 6.10 Å². The number of carbonyl (C=O) groups is 1. The maximum atomic E-state index is 10.3. The molecule has 0 aliphatic heterocycles. The first-order valence-corrected chi connectivity index (χ1v) is 8.35. The van der Waals surface area contributed by atoms with Crippen molar-refractivity contribution < 1.29 is 15.0 Å². The van der Waals surface area contributed by atoms with Gasteiger partial charge in [-0.3, -0.25) is 4.79 Å². The fourth-order valence-electron chi connectivity index (χ4n) is 1.76. The summed E-state index contributed by atoms with van der Waals surface area (Å²) in [5.74, 6) is -0.761. The molecule has 0 aromatic rings. The number of aliphatic hydroxyl groups excluding tert-OH is 1. The Kier molecular flexibility index (Phi) is 15.2. The van der Waals surface area contributed by atoms with Crippen LogP contribution in [0, 0.1) is 0 Å². The van der Waals surface area contributed by atoms with E-state index in [4.69, 9.17) is 5.11 Å². The molecule has 23 heavy (non-hydrogen) atoms. The summed E-state index contributed by atoms with van der Waals surface area (Å²) in [6.07, 6.45) is 24.6. The highest BCUT2D eigenvalue weighted by molar-refractivity contribution is 5.66. The second-order valence-corrected chi connectivity index (χ2v) is 5.20. The minimum absolute atomic E-state index is 0.199. The van der Waals surface area contributed by atoms with Gasteiger partial charge in [-0.1, -0.05) is 67.7 Å². The second-order valence-electron chi connectivity index (χ2n) is 5.20. The molecule has 0 unspecified atom stereocenters. The van der Waals surface area contributed by atoms with Crippen molar-refractivity contribution in [2.24, 2.45) is 0 Å². The van der Waals surface area contributed by atoms with E-state index < -0.39 is 12.1 Å². The first-order chi connectivity index (χ1) is 11.2. The van der Waals surface area contributed by atoms with E-state index >= 15 is 0 Å². The van der Waals surface area contributed by atoms with Gasteiger partial charge in [0, 0.05) is 6.42 Å². The predicted octanol–water partition coefficient (Wildman–Crippen LogP) is 4.96. The summed E-state index contributed by atoms with van der Waals surface area (Å²) in [7, 11) is 0. The molecule has 2 N–H and O–H groups in total. The van der Waals surface area contributed by atoms with Gasteiger partial charge >= 0.3 is 5.97 Å². The first-order valence-electron chi connectivity index (χ1n) is 8.35. The quantitative estimate of drug-likeness (QED) is 0.286. The number of hydrogen-bond donors (Lipinski definition) is 2. The molecular weight excluding hydrogens is 288 g/mol. The average Bonchev–Trinajstić information content (AvgIpc) is 2.52. The number of rotatable bonds is 13. The van der Waals surface area contributed by atoms with Gasteiger partial charge in [0.2, 0.25) is 0 Å². The first kappa shape index (κ1) is 21.1. The second kappa shape index (κ2) is 16.5. The highest BCUT2D eigenvalue weighted by Crippen LogP contribution is 2.00. The Labute approximate surface area is 140 Å². The maximum Gasteiger partial charge on any atom is 0.303 e. The summed E-state index contributed by atoms with van der Waals surface area (Å²) >= 11 is 0. The van der Waals surface area contributed by atoms with E-state index in [1.54, 1.807) is 12.2 Å². The molecule has 0 bridgehead atoms. The maximum absolute atomic E-state index is 10.3. The molecule has 0 aliphatic rings. The van der Waals surface area contributed by atoms with Gasteiger partial charge in [-0.15, -0.1) is 0 Å². The Hall–Kier alpha value is -1.87. The fraction of sp³-hybridized carbons (Fsp3) is 0.450. The fourth-order valence-corrected chi connectivity index (χ4v) is 1.76. The summed E-state index contributed by atoms with van der Waals surface area (Å²) in [4.78, 5) is 10.3. The third-order valence-electron chi connectivity index (χ3n) is 3.00.